The number of nitriles is 1. The molecule has 0 radical (unpaired) electrons. The smallest absolute Gasteiger partial charge is 0.353 e. The lowest BCUT2D eigenvalue weighted by Crippen LogP contribution is -2.07. The molecule has 0 amide bonds. The number of nitrogens with zero attached hydrogens (tertiary/aromatic N) is 2. The minimum atomic E-state index is -1.10. The van der Waals surface area contributed by atoms with Crippen molar-refractivity contribution in [1.82, 2.24) is 4.57 Å². The fourth-order valence-electron chi connectivity index (χ4n) is 3.18. The van der Waals surface area contributed by atoms with Crippen molar-refractivity contribution < 1.29 is 14.7 Å². The van der Waals surface area contributed by atoms with Crippen molar-refractivity contribution in [3.63, 3.8) is 0 Å². The van der Waals surface area contributed by atoms with Crippen LogP contribution in [0.3, 0.4) is 0 Å². The third kappa shape index (κ3) is 3.38. The number of carboxylic acids is 1. The van der Waals surface area contributed by atoms with Crippen molar-refractivity contribution >= 4 is 11.8 Å². The van der Waals surface area contributed by atoms with E-state index in [0.29, 0.717) is 34.4 Å². The normalized spacial score (nSPS) is 10.4. The highest BCUT2D eigenvalue weighted by molar-refractivity contribution is 6.00. The highest BCUT2D eigenvalue weighted by Crippen LogP contribution is 2.32. The highest BCUT2D eigenvalue weighted by atomic mass is 16.4. The molecule has 5 heteroatoms. The lowest BCUT2D eigenvalue weighted by atomic mass is 9.97. The van der Waals surface area contributed by atoms with Gasteiger partial charge in [-0.1, -0.05) is 54.6 Å². The topological polar surface area (TPSA) is 83.1 Å². The molecule has 0 aliphatic heterocycles. The standard InChI is InChI=1S/C22H18N2O3/c1-14-18(13-23)20(21(22(26)27)24(14)2)17-10-8-16(9-11-17)19(25)12-15-6-4-3-5-7-15/h3-11H,12H2,1-2H3,(H,26,27). The summed E-state index contributed by atoms with van der Waals surface area (Å²) in [6.07, 6.45) is 0.300. The van der Waals surface area contributed by atoms with Gasteiger partial charge in [0.2, 0.25) is 0 Å². The first-order valence-electron chi connectivity index (χ1n) is 8.44. The minimum absolute atomic E-state index is 0.0176. The highest BCUT2D eigenvalue weighted by Gasteiger charge is 2.24. The van der Waals surface area contributed by atoms with Crippen LogP contribution in [0.2, 0.25) is 0 Å². The molecule has 0 fully saturated rings. The number of aromatic nitrogens is 1. The van der Waals surface area contributed by atoms with Gasteiger partial charge in [-0.25, -0.2) is 4.79 Å². The first-order valence-corrected chi connectivity index (χ1v) is 8.44. The van der Waals surface area contributed by atoms with Crippen molar-refractivity contribution in [1.29, 1.82) is 5.26 Å². The predicted octanol–water partition coefficient (Wildman–Crippen LogP) is 4.00. The molecule has 134 valence electrons. The van der Waals surface area contributed by atoms with Crippen LogP contribution in [0.25, 0.3) is 11.1 Å². The lowest BCUT2D eigenvalue weighted by molar-refractivity contribution is 0.0687. The van der Waals surface area contributed by atoms with E-state index in [1.54, 1.807) is 38.2 Å². The van der Waals surface area contributed by atoms with Crippen molar-refractivity contribution in [2.24, 2.45) is 7.05 Å². The van der Waals surface area contributed by atoms with Crippen LogP contribution in [-0.4, -0.2) is 21.4 Å². The quantitative estimate of drug-likeness (QED) is 0.699. The number of carbonyl (C=O) groups excluding carboxylic acids is 1. The Kier molecular flexibility index (Phi) is 4.91. The molecular formula is C22H18N2O3. The maximum Gasteiger partial charge on any atom is 0.353 e. The van der Waals surface area contributed by atoms with Crippen molar-refractivity contribution in [3.8, 4) is 17.2 Å². The van der Waals surface area contributed by atoms with Crippen molar-refractivity contribution in [2.75, 3.05) is 0 Å². The molecule has 0 saturated carbocycles. The van der Waals surface area contributed by atoms with E-state index >= 15 is 0 Å². The van der Waals surface area contributed by atoms with Gasteiger partial charge in [0.25, 0.3) is 0 Å². The number of rotatable bonds is 5. The Morgan fingerprint density at radius 1 is 1.07 bits per heavy atom. The average molecular weight is 358 g/mol. The molecule has 5 nitrogen and oxygen atoms in total. The monoisotopic (exact) mass is 358 g/mol. The van der Waals surface area contributed by atoms with Crippen molar-refractivity contribution in [3.05, 3.63) is 82.7 Å². The Hall–Kier alpha value is -3.65. The van der Waals surface area contributed by atoms with E-state index in [1.165, 1.54) is 4.57 Å². The third-order valence-corrected chi connectivity index (χ3v) is 4.70. The second-order valence-corrected chi connectivity index (χ2v) is 6.32. The summed E-state index contributed by atoms with van der Waals surface area (Å²) < 4.78 is 1.50. The number of benzene rings is 2. The zero-order valence-electron chi connectivity index (χ0n) is 15.1. The Labute approximate surface area is 157 Å². The van der Waals surface area contributed by atoms with Crippen LogP contribution < -0.4 is 0 Å². The Bertz CT molecular complexity index is 1060. The van der Waals surface area contributed by atoms with E-state index < -0.39 is 5.97 Å². The summed E-state index contributed by atoms with van der Waals surface area (Å²) in [4.78, 5) is 24.2. The van der Waals surface area contributed by atoms with Crippen LogP contribution >= 0.6 is 0 Å². The Balaban J connectivity index is 1.97. The number of carbonyl (C=O) groups is 2. The van der Waals surface area contributed by atoms with Crippen LogP contribution in [0.5, 0.6) is 0 Å². The summed E-state index contributed by atoms with van der Waals surface area (Å²) >= 11 is 0. The van der Waals surface area contributed by atoms with Gasteiger partial charge in [0.1, 0.15) is 11.8 Å². The lowest BCUT2D eigenvalue weighted by Gasteiger charge is -2.06. The Morgan fingerprint density at radius 3 is 2.26 bits per heavy atom. The van der Waals surface area contributed by atoms with Crippen LogP contribution in [-0.2, 0) is 13.5 Å². The number of Topliss-reactive ketones (excluding diaryl/α,β-unsaturated/α-hetero) is 1. The SMILES string of the molecule is Cc1c(C#N)c(-c2ccc(C(=O)Cc3ccccc3)cc2)c(C(=O)O)n1C. The number of hydrogen-bond donors (Lipinski definition) is 1. The molecular weight excluding hydrogens is 340 g/mol. The van der Waals surface area contributed by atoms with Crippen LogP contribution in [0.4, 0.5) is 0 Å². The number of carboxylic acid groups (broad SMARTS) is 1. The minimum Gasteiger partial charge on any atom is -0.477 e. The van der Waals surface area contributed by atoms with Crippen LogP contribution in [0, 0.1) is 18.3 Å². The summed E-state index contributed by atoms with van der Waals surface area (Å²) in [6, 6.07) is 18.3. The maximum atomic E-state index is 12.5. The van der Waals surface area contributed by atoms with E-state index in [0.717, 1.165) is 5.56 Å². The van der Waals surface area contributed by atoms with Gasteiger partial charge in [0.15, 0.2) is 5.78 Å². The van der Waals surface area contributed by atoms with Gasteiger partial charge in [-0.05, 0) is 18.1 Å². The second-order valence-electron chi connectivity index (χ2n) is 6.32. The summed E-state index contributed by atoms with van der Waals surface area (Å²) in [7, 11) is 1.63. The summed E-state index contributed by atoms with van der Waals surface area (Å²) in [5, 5.41) is 19.0. The molecule has 1 N–H and O–H groups in total. The molecule has 0 saturated heterocycles. The van der Waals surface area contributed by atoms with Gasteiger partial charge in [-0.15, -0.1) is 0 Å². The van der Waals surface area contributed by atoms with E-state index in [2.05, 4.69) is 6.07 Å². The van der Waals surface area contributed by atoms with Gasteiger partial charge in [-0.3, -0.25) is 4.79 Å². The molecule has 1 aromatic heterocycles. The number of aromatic carboxylic acids is 1. The van der Waals surface area contributed by atoms with Gasteiger partial charge in [-0.2, -0.15) is 5.26 Å². The van der Waals surface area contributed by atoms with Gasteiger partial charge >= 0.3 is 5.97 Å². The Morgan fingerprint density at radius 2 is 1.70 bits per heavy atom. The number of ketones is 1. The largest absolute Gasteiger partial charge is 0.477 e. The predicted molar refractivity (Wildman–Crippen MR) is 102 cm³/mol. The molecule has 27 heavy (non-hydrogen) atoms. The van der Waals surface area contributed by atoms with Crippen LogP contribution in [0.15, 0.2) is 54.6 Å². The van der Waals surface area contributed by atoms with Crippen molar-refractivity contribution in [2.45, 2.75) is 13.3 Å². The zero-order valence-corrected chi connectivity index (χ0v) is 15.1. The van der Waals surface area contributed by atoms with E-state index in [1.807, 2.05) is 30.3 Å². The molecule has 0 aliphatic carbocycles. The summed E-state index contributed by atoms with van der Waals surface area (Å²) in [5.74, 6) is -1.11. The molecule has 2 aromatic carbocycles. The number of hydrogen-bond acceptors (Lipinski definition) is 3. The van der Waals surface area contributed by atoms with Gasteiger partial charge in [0, 0.05) is 30.3 Å². The molecule has 0 spiro atoms. The van der Waals surface area contributed by atoms with E-state index in [-0.39, 0.29) is 11.5 Å². The molecule has 0 bridgehead atoms. The van der Waals surface area contributed by atoms with Crippen LogP contribution in [0.1, 0.15) is 37.7 Å². The first kappa shape index (κ1) is 18.2. The average Bonchev–Trinajstić information content (AvgIpc) is 2.93. The fourth-order valence-corrected chi connectivity index (χ4v) is 3.18. The van der Waals surface area contributed by atoms with E-state index in [4.69, 9.17) is 0 Å². The fraction of sp³-hybridized carbons (Fsp3) is 0.136. The van der Waals surface area contributed by atoms with Gasteiger partial charge < -0.3 is 9.67 Å². The first-order chi connectivity index (χ1) is 12.9. The summed E-state index contributed by atoms with van der Waals surface area (Å²) in [6.45, 7) is 1.71. The molecule has 0 aliphatic rings. The molecule has 1 heterocycles. The third-order valence-electron chi connectivity index (χ3n) is 4.70. The molecule has 0 unspecified atom stereocenters. The molecule has 3 rings (SSSR count). The molecule has 3 aromatic rings. The molecule has 0 atom stereocenters. The zero-order chi connectivity index (χ0) is 19.6. The van der Waals surface area contributed by atoms with Gasteiger partial charge in [0.05, 0.1) is 5.56 Å². The second kappa shape index (κ2) is 7.30. The maximum absolute atomic E-state index is 12.5. The summed E-state index contributed by atoms with van der Waals surface area (Å²) in [5.41, 5.74) is 3.45. The van der Waals surface area contributed by atoms with E-state index in [9.17, 15) is 20.0 Å².